The molecular formula is C16H14ClN3O. The van der Waals surface area contributed by atoms with Crippen molar-refractivity contribution in [2.45, 2.75) is 6.54 Å². The van der Waals surface area contributed by atoms with Gasteiger partial charge in [-0.1, -0.05) is 17.7 Å². The summed E-state index contributed by atoms with van der Waals surface area (Å²) in [6, 6.07) is 13.0. The van der Waals surface area contributed by atoms with E-state index in [1.807, 2.05) is 35.0 Å². The lowest BCUT2D eigenvalue weighted by Crippen LogP contribution is -2.00. The highest BCUT2D eigenvalue weighted by atomic mass is 35.5. The third kappa shape index (κ3) is 3.17. The first-order valence-corrected chi connectivity index (χ1v) is 6.90. The van der Waals surface area contributed by atoms with Crippen LogP contribution < -0.4 is 5.32 Å². The molecular weight excluding hydrogens is 286 g/mol. The van der Waals surface area contributed by atoms with Gasteiger partial charge < -0.3 is 15.0 Å². The molecule has 0 saturated carbocycles. The van der Waals surface area contributed by atoms with Gasteiger partial charge in [-0.3, -0.25) is 0 Å². The summed E-state index contributed by atoms with van der Waals surface area (Å²) in [5, 5.41) is 13.7. The van der Waals surface area contributed by atoms with Crippen molar-refractivity contribution in [3.63, 3.8) is 0 Å². The first-order chi connectivity index (χ1) is 10.2. The van der Waals surface area contributed by atoms with Gasteiger partial charge in [0.05, 0.1) is 6.33 Å². The molecule has 3 rings (SSSR count). The predicted octanol–water partition coefficient (Wildman–Crippen LogP) is 3.84. The number of rotatable bonds is 4. The number of halogens is 1. The Bertz CT molecular complexity index is 741. The van der Waals surface area contributed by atoms with E-state index in [0.29, 0.717) is 11.6 Å². The molecule has 0 aliphatic carbocycles. The molecule has 0 fully saturated rings. The van der Waals surface area contributed by atoms with Crippen LogP contribution in [0.3, 0.4) is 0 Å². The Morgan fingerprint density at radius 1 is 1.19 bits per heavy atom. The average Bonchev–Trinajstić information content (AvgIpc) is 3.03. The lowest BCUT2D eigenvalue weighted by molar-refractivity contribution is 0.469. The molecule has 2 aromatic carbocycles. The molecule has 0 aliphatic heterocycles. The first-order valence-electron chi connectivity index (χ1n) is 6.52. The van der Waals surface area contributed by atoms with Crippen molar-refractivity contribution >= 4 is 17.3 Å². The Hall–Kier alpha value is -2.46. The monoisotopic (exact) mass is 299 g/mol. The van der Waals surface area contributed by atoms with Crippen LogP contribution in [-0.2, 0) is 6.54 Å². The van der Waals surface area contributed by atoms with Crippen LogP contribution >= 0.6 is 11.6 Å². The van der Waals surface area contributed by atoms with E-state index in [4.69, 9.17) is 11.6 Å². The van der Waals surface area contributed by atoms with Crippen LogP contribution in [0.1, 0.15) is 5.56 Å². The normalized spacial score (nSPS) is 10.5. The van der Waals surface area contributed by atoms with Crippen LogP contribution in [0.2, 0.25) is 5.02 Å². The van der Waals surface area contributed by atoms with Crippen LogP contribution in [-0.4, -0.2) is 14.7 Å². The van der Waals surface area contributed by atoms with Crippen LogP contribution in [0, 0.1) is 0 Å². The maximum atomic E-state index is 9.81. The summed E-state index contributed by atoms with van der Waals surface area (Å²) in [5.74, 6) is 0.234. The van der Waals surface area contributed by atoms with Crippen molar-refractivity contribution in [3.05, 3.63) is 71.8 Å². The van der Waals surface area contributed by atoms with E-state index in [9.17, 15) is 5.11 Å². The Morgan fingerprint density at radius 3 is 2.90 bits per heavy atom. The molecule has 4 nitrogen and oxygen atoms in total. The maximum Gasteiger partial charge on any atom is 0.120 e. The van der Waals surface area contributed by atoms with E-state index in [-0.39, 0.29) is 5.75 Å². The maximum absolute atomic E-state index is 9.81. The number of nitrogens with zero attached hydrogens (tertiary/aromatic N) is 2. The van der Waals surface area contributed by atoms with Gasteiger partial charge in [0.2, 0.25) is 0 Å². The van der Waals surface area contributed by atoms with E-state index in [0.717, 1.165) is 16.9 Å². The summed E-state index contributed by atoms with van der Waals surface area (Å²) in [5.41, 5.74) is 2.74. The number of imidazole rings is 1. The highest BCUT2D eigenvalue weighted by Crippen LogP contribution is 2.23. The predicted molar refractivity (Wildman–Crippen MR) is 84.0 cm³/mol. The zero-order valence-corrected chi connectivity index (χ0v) is 12.0. The largest absolute Gasteiger partial charge is 0.508 e. The van der Waals surface area contributed by atoms with E-state index in [2.05, 4.69) is 10.3 Å². The Morgan fingerprint density at radius 2 is 2.10 bits per heavy atom. The van der Waals surface area contributed by atoms with Gasteiger partial charge in [-0.15, -0.1) is 0 Å². The highest BCUT2D eigenvalue weighted by Gasteiger charge is 2.03. The summed E-state index contributed by atoms with van der Waals surface area (Å²) >= 11 is 5.94. The minimum atomic E-state index is 0.234. The second-order valence-electron chi connectivity index (χ2n) is 4.65. The number of aromatic hydroxyl groups is 1. The minimum Gasteiger partial charge on any atom is -0.508 e. The molecule has 1 aromatic heterocycles. The Balaban J connectivity index is 1.76. The third-order valence-electron chi connectivity index (χ3n) is 3.17. The van der Waals surface area contributed by atoms with Crippen LogP contribution in [0.25, 0.3) is 5.69 Å². The number of phenols is 1. The van der Waals surface area contributed by atoms with Gasteiger partial charge >= 0.3 is 0 Å². The molecule has 0 unspecified atom stereocenters. The molecule has 2 N–H and O–H groups in total. The summed E-state index contributed by atoms with van der Waals surface area (Å²) < 4.78 is 1.93. The average molecular weight is 300 g/mol. The minimum absolute atomic E-state index is 0.234. The molecule has 0 bridgehead atoms. The second-order valence-corrected chi connectivity index (χ2v) is 5.08. The van der Waals surface area contributed by atoms with E-state index in [1.165, 1.54) is 0 Å². The molecule has 3 aromatic rings. The summed E-state index contributed by atoms with van der Waals surface area (Å²) in [6.45, 7) is 0.500. The van der Waals surface area contributed by atoms with Crippen molar-refractivity contribution in [2.24, 2.45) is 0 Å². The third-order valence-corrected chi connectivity index (χ3v) is 3.41. The summed E-state index contributed by atoms with van der Waals surface area (Å²) in [4.78, 5) is 4.04. The molecule has 5 heteroatoms. The molecule has 0 spiro atoms. The van der Waals surface area contributed by atoms with Crippen molar-refractivity contribution in [1.82, 2.24) is 9.55 Å². The van der Waals surface area contributed by atoms with Gasteiger partial charge in [0.1, 0.15) is 5.75 Å². The van der Waals surface area contributed by atoms with Gasteiger partial charge in [0.15, 0.2) is 0 Å². The van der Waals surface area contributed by atoms with Crippen molar-refractivity contribution in [3.8, 4) is 11.4 Å². The van der Waals surface area contributed by atoms with Crippen LogP contribution in [0.4, 0.5) is 5.69 Å². The molecule has 0 aliphatic rings. The van der Waals surface area contributed by atoms with Gasteiger partial charge in [-0.2, -0.15) is 0 Å². The Labute approximate surface area is 127 Å². The fourth-order valence-electron chi connectivity index (χ4n) is 2.08. The standard InChI is InChI=1S/C16H14ClN3O/c17-13-4-5-16(21)12(8-13)10-19-14-2-1-3-15(9-14)20-7-6-18-11-20/h1-9,11,19,21H,10H2. The smallest absolute Gasteiger partial charge is 0.120 e. The van der Waals surface area contributed by atoms with Crippen molar-refractivity contribution < 1.29 is 5.11 Å². The lowest BCUT2D eigenvalue weighted by atomic mass is 10.2. The molecule has 106 valence electrons. The van der Waals surface area contributed by atoms with Crippen molar-refractivity contribution in [1.29, 1.82) is 0 Å². The van der Waals surface area contributed by atoms with Crippen LogP contribution in [0.15, 0.2) is 61.2 Å². The Kier molecular flexibility index (Phi) is 3.79. The zero-order chi connectivity index (χ0) is 14.7. The number of benzene rings is 2. The topological polar surface area (TPSA) is 50.1 Å². The molecule has 0 radical (unpaired) electrons. The molecule has 0 saturated heterocycles. The number of phenolic OH excluding ortho intramolecular Hbond substituents is 1. The SMILES string of the molecule is Oc1ccc(Cl)cc1CNc1cccc(-n2ccnc2)c1. The molecule has 0 amide bonds. The molecule has 0 atom stereocenters. The number of anilines is 1. The quantitative estimate of drug-likeness (QED) is 0.769. The summed E-state index contributed by atoms with van der Waals surface area (Å²) in [7, 11) is 0. The van der Waals surface area contributed by atoms with Gasteiger partial charge in [0.25, 0.3) is 0 Å². The number of aromatic nitrogens is 2. The van der Waals surface area contributed by atoms with E-state index in [1.54, 1.807) is 30.7 Å². The second kappa shape index (κ2) is 5.89. The van der Waals surface area contributed by atoms with E-state index >= 15 is 0 Å². The molecule has 1 heterocycles. The van der Waals surface area contributed by atoms with Gasteiger partial charge in [-0.25, -0.2) is 4.98 Å². The van der Waals surface area contributed by atoms with E-state index < -0.39 is 0 Å². The van der Waals surface area contributed by atoms with Crippen molar-refractivity contribution in [2.75, 3.05) is 5.32 Å². The van der Waals surface area contributed by atoms with Gasteiger partial charge in [0, 0.05) is 40.9 Å². The lowest BCUT2D eigenvalue weighted by Gasteiger charge is -2.10. The summed E-state index contributed by atoms with van der Waals surface area (Å²) in [6.07, 6.45) is 5.38. The fraction of sp³-hybridized carbons (Fsp3) is 0.0625. The first kappa shape index (κ1) is 13.5. The van der Waals surface area contributed by atoms with Crippen LogP contribution in [0.5, 0.6) is 5.75 Å². The fourth-order valence-corrected chi connectivity index (χ4v) is 2.28. The number of hydrogen-bond donors (Lipinski definition) is 2. The highest BCUT2D eigenvalue weighted by molar-refractivity contribution is 6.30. The molecule has 21 heavy (non-hydrogen) atoms. The zero-order valence-electron chi connectivity index (χ0n) is 11.2. The van der Waals surface area contributed by atoms with Gasteiger partial charge in [-0.05, 0) is 36.4 Å². The number of nitrogens with one attached hydrogen (secondary N) is 1. The number of hydrogen-bond acceptors (Lipinski definition) is 3.